The van der Waals surface area contributed by atoms with E-state index in [4.69, 9.17) is 21.1 Å². The molecule has 0 radical (unpaired) electrons. The molecule has 0 bridgehead atoms. The smallest absolute Gasteiger partial charge is 0.161 e. The summed E-state index contributed by atoms with van der Waals surface area (Å²) in [4.78, 5) is 0. The van der Waals surface area contributed by atoms with E-state index < -0.39 is 17.0 Å². The van der Waals surface area contributed by atoms with Gasteiger partial charge in [0.15, 0.2) is 11.5 Å². The van der Waals surface area contributed by atoms with Gasteiger partial charge in [0, 0.05) is 5.56 Å². The zero-order valence-electron chi connectivity index (χ0n) is 11.3. The standard InChI is InChI=1S/C16H13ClF2O2/c1-9-2-4-11(18)14(16(9)19)15(17)10-3-5-12-13(8-10)21-7-6-20-12/h2-5,8,15H,6-7H2,1H3. The number of hydrogen-bond acceptors (Lipinski definition) is 2. The normalized spacial score (nSPS) is 14.9. The highest BCUT2D eigenvalue weighted by Crippen LogP contribution is 2.38. The fourth-order valence-electron chi connectivity index (χ4n) is 2.29. The first kappa shape index (κ1) is 14.1. The average Bonchev–Trinajstić information content (AvgIpc) is 2.51. The Morgan fingerprint density at radius 2 is 1.76 bits per heavy atom. The van der Waals surface area contributed by atoms with Gasteiger partial charge in [-0.1, -0.05) is 12.1 Å². The second-order valence-electron chi connectivity index (χ2n) is 4.86. The van der Waals surface area contributed by atoms with Crippen molar-refractivity contribution in [1.82, 2.24) is 0 Å². The molecule has 0 spiro atoms. The molecule has 2 aromatic rings. The molecule has 0 N–H and O–H groups in total. The first-order valence-electron chi connectivity index (χ1n) is 6.56. The van der Waals surface area contributed by atoms with Crippen molar-refractivity contribution in [2.24, 2.45) is 0 Å². The Morgan fingerprint density at radius 3 is 2.52 bits per heavy atom. The van der Waals surface area contributed by atoms with Gasteiger partial charge >= 0.3 is 0 Å². The monoisotopic (exact) mass is 310 g/mol. The number of benzene rings is 2. The topological polar surface area (TPSA) is 18.5 Å². The van der Waals surface area contributed by atoms with E-state index in [0.29, 0.717) is 35.8 Å². The molecule has 1 aliphatic heterocycles. The first-order valence-corrected chi connectivity index (χ1v) is 6.99. The largest absolute Gasteiger partial charge is 0.486 e. The zero-order chi connectivity index (χ0) is 15.0. The SMILES string of the molecule is Cc1ccc(F)c(C(Cl)c2ccc3c(c2)OCCO3)c1F. The summed E-state index contributed by atoms with van der Waals surface area (Å²) in [6, 6.07) is 7.66. The molecule has 0 saturated carbocycles. The van der Waals surface area contributed by atoms with Gasteiger partial charge < -0.3 is 9.47 Å². The Kier molecular flexibility index (Phi) is 3.72. The Bertz CT molecular complexity index is 688. The second kappa shape index (κ2) is 5.53. The summed E-state index contributed by atoms with van der Waals surface area (Å²) in [5.41, 5.74) is 0.771. The Hall–Kier alpha value is -1.81. The lowest BCUT2D eigenvalue weighted by molar-refractivity contribution is 0.171. The third kappa shape index (κ3) is 2.56. The summed E-state index contributed by atoms with van der Waals surface area (Å²) >= 11 is 6.28. The average molecular weight is 311 g/mol. The summed E-state index contributed by atoms with van der Waals surface area (Å²) in [5.74, 6) is -0.130. The van der Waals surface area contributed by atoms with Gasteiger partial charge in [-0.15, -0.1) is 11.6 Å². The van der Waals surface area contributed by atoms with Gasteiger partial charge in [0.1, 0.15) is 24.8 Å². The fourth-order valence-corrected chi connectivity index (χ4v) is 2.63. The van der Waals surface area contributed by atoms with E-state index in [0.717, 1.165) is 0 Å². The van der Waals surface area contributed by atoms with Crippen molar-refractivity contribution in [1.29, 1.82) is 0 Å². The van der Waals surface area contributed by atoms with Crippen LogP contribution >= 0.6 is 11.6 Å². The molecule has 1 heterocycles. The van der Waals surface area contributed by atoms with Crippen LogP contribution in [0, 0.1) is 18.6 Å². The molecule has 0 saturated heterocycles. The van der Waals surface area contributed by atoms with E-state index in [1.54, 1.807) is 25.1 Å². The number of alkyl halides is 1. The van der Waals surface area contributed by atoms with Crippen LogP contribution in [0.25, 0.3) is 0 Å². The predicted molar refractivity (Wildman–Crippen MR) is 76.2 cm³/mol. The molecule has 0 amide bonds. The molecule has 110 valence electrons. The van der Waals surface area contributed by atoms with Crippen LogP contribution in [0.5, 0.6) is 11.5 Å². The van der Waals surface area contributed by atoms with Gasteiger partial charge in [-0.25, -0.2) is 8.78 Å². The van der Waals surface area contributed by atoms with Crippen LogP contribution in [0.3, 0.4) is 0 Å². The molecule has 1 atom stereocenters. The zero-order valence-corrected chi connectivity index (χ0v) is 12.1. The van der Waals surface area contributed by atoms with Crippen LogP contribution in [-0.4, -0.2) is 13.2 Å². The Labute approximate surface area is 126 Å². The molecule has 0 aliphatic carbocycles. The van der Waals surface area contributed by atoms with Crippen molar-refractivity contribution >= 4 is 11.6 Å². The van der Waals surface area contributed by atoms with Crippen molar-refractivity contribution in [3.63, 3.8) is 0 Å². The minimum Gasteiger partial charge on any atom is -0.486 e. The van der Waals surface area contributed by atoms with Crippen LogP contribution in [0.1, 0.15) is 22.1 Å². The Morgan fingerprint density at radius 1 is 1.05 bits per heavy atom. The van der Waals surface area contributed by atoms with Crippen LogP contribution in [0.15, 0.2) is 30.3 Å². The minimum absolute atomic E-state index is 0.145. The third-order valence-corrected chi connectivity index (χ3v) is 3.90. The summed E-state index contributed by atoms with van der Waals surface area (Å²) in [6.45, 7) is 2.50. The molecule has 3 rings (SSSR count). The maximum Gasteiger partial charge on any atom is 0.161 e. The van der Waals surface area contributed by atoms with Gasteiger partial charge in [0.2, 0.25) is 0 Å². The van der Waals surface area contributed by atoms with Gasteiger partial charge in [0.05, 0.1) is 5.38 Å². The highest BCUT2D eigenvalue weighted by atomic mass is 35.5. The van der Waals surface area contributed by atoms with Crippen LogP contribution in [0.4, 0.5) is 8.78 Å². The molecular weight excluding hydrogens is 298 g/mol. The van der Waals surface area contributed by atoms with Crippen molar-refractivity contribution in [2.75, 3.05) is 13.2 Å². The van der Waals surface area contributed by atoms with Gasteiger partial charge in [-0.3, -0.25) is 0 Å². The molecule has 2 aromatic carbocycles. The number of fused-ring (bicyclic) bond motifs is 1. The predicted octanol–water partition coefficient (Wildman–Crippen LogP) is 4.37. The van der Waals surface area contributed by atoms with E-state index in [2.05, 4.69) is 0 Å². The molecule has 0 aromatic heterocycles. The van der Waals surface area contributed by atoms with Crippen molar-refractivity contribution in [3.8, 4) is 11.5 Å². The van der Waals surface area contributed by atoms with Crippen molar-refractivity contribution < 1.29 is 18.3 Å². The minimum atomic E-state index is -0.930. The van der Waals surface area contributed by atoms with Gasteiger partial charge in [-0.05, 0) is 36.2 Å². The fraction of sp³-hybridized carbons (Fsp3) is 0.250. The maximum absolute atomic E-state index is 14.2. The molecule has 0 fully saturated rings. The summed E-state index contributed by atoms with van der Waals surface area (Å²) < 4.78 is 39.0. The number of ether oxygens (including phenoxy) is 2. The molecular formula is C16H13ClF2O2. The first-order chi connectivity index (χ1) is 10.1. The lowest BCUT2D eigenvalue weighted by Gasteiger charge is -2.20. The number of hydrogen-bond donors (Lipinski definition) is 0. The van der Waals surface area contributed by atoms with E-state index >= 15 is 0 Å². The number of halogens is 3. The van der Waals surface area contributed by atoms with Crippen molar-refractivity contribution in [2.45, 2.75) is 12.3 Å². The maximum atomic E-state index is 14.2. The molecule has 2 nitrogen and oxygen atoms in total. The second-order valence-corrected chi connectivity index (χ2v) is 5.29. The Balaban J connectivity index is 2.03. The highest BCUT2D eigenvalue weighted by Gasteiger charge is 2.23. The van der Waals surface area contributed by atoms with E-state index in [-0.39, 0.29) is 5.56 Å². The highest BCUT2D eigenvalue weighted by molar-refractivity contribution is 6.22. The van der Waals surface area contributed by atoms with E-state index in [1.807, 2.05) is 0 Å². The van der Waals surface area contributed by atoms with Crippen LogP contribution in [-0.2, 0) is 0 Å². The summed E-state index contributed by atoms with van der Waals surface area (Å²) in [5, 5.41) is -0.930. The number of aryl methyl sites for hydroxylation is 1. The molecule has 1 aliphatic rings. The van der Waals surface area contributed by atoms with Crippen LogP contribution in [0.2, 0.25) is 0 Å². The van der Waals surface area contributed by atoms with Crippen LogP contribution < -0.4 is 9.47 Å². The molecule has 1 unspecified atom stereocenters. The van der Waals surface area contributed by atoms with Gasteiger partial charge in [-0.2, -0.15) is 0 Å². The summed E-state index contributed by atoms with van der Waals surface area (Å²) in [7, 11) is 0. The van der Waals surface area contributed by atoms with E-state index in [1.165, 1.54) is 12.1 Å². The molecule has 21 heavy (non-hydrogen) atoms. The van der Waals surface area contributed by atoms with Crippen molar-refractivity contribution in [3.05, 3.63) is 58.7 Å². The third-order valence-electron chi connectivity index (χ3n) is 3.43. The summed E-state index contributed by atoms with van der Waals surface area (Å²) in [6.07, 6.45) is 0. The lowest BCUT2D eigenvalue weighted by Crippen LogP contribution is -2.15. The van der Waals surface area contributed by atoms with Gasteiger partial charge in [0.25, 0.3) is 0 Å². The molecule has 5 heteroatoms. The quantitative estimate of drug-likeness (QED) is 0.767. The number of rotatable bonds is 2. The van der Waals surface area contributed by atoms with E-state index in [9.17, 15) is 8.78 Å². The lowest BCUT2D eigenvalue weighted by atomic mass is 10.0.